The van der Waals surface area contributed by atoms with E-state index in [4.69, 9.17) is 0 Å². The maximum atomic E-state index is 13.1. The van der Waals surface area contributed by atoms with Crippen molar-refractivity contribution in [2.45, 2.75) is 13.8 Å². The van der Waals surface area contributed by atoms with Crippen molar-refractivity contribution in [1.82, 2.24) is 4.90 Å². The molecule has 0 aromatic heterocycles. The predicted molar refractivity (Wildman–Crippen MR) is 99.8 cm³/mol. The average molecular weight is 334 g/mol. The van der Waals surface area contributed by atoms with Crippen LogP contribution in [-0.4, -0.2) is 30.3 Å². The van der Waals surface area contributed by atoms with Crippen LogP contribution in [0.5, 0.6) is 0 Å². The molecule has 2 aromatic carbocycles. The average Bonchev–Trinajstić information content (AvgIpc) is 2.87. The number of amides is 2. The smallest absolute Gasteiger partial charge is 0.278 e. The van der Waals surface area contributed by atoms with E-state index >= 15 is 0 Å². The van der Waals surface area contributed by atoms with Gasteiger partial charge in [0.25, 0.3) is 11.8 Å². The Bertz CT molecular complexity index is 810. The lowest BCUT2D eigenvalue weighted by Crippen LogP contribution is -2.36. The van der Waals surface area contributed by atoms with Crippen molar-refractivity contribution in [3.8, 4) is 0 Å². The number of carbonyl (C=O) groups excluding carboxylic acids is 2. The van der Waals surface area contributed by atoms with Crippen molar-refractivity contribution in [3.05, 3.63) is 71.9 Å². The fourth-order valence-corrected chi connectivity index (χ4v) is 3.05. The number of anilines is 1. The second kappa shape index (κ2) is 6.93. The molecule has 0 atom stereocenters. The summed E-state index contributed by atoms with van der Waals surface area (Å²) in [5, 5.41) is 0. The molecule has 0 N–H and O–H groups in total. The number of para-hydroxylation sites is 1. The van der Waals surface area contributed by atoms with E-state index in [9.17, 15) is 9.59 Å². The lowest BCUT2D eigenvalue weighted by atomic mass is 10.0. The fourth-order valence-electron chi connectivity index (χ4n) is 3.05. The second-order valence-electron chi connectivity index (χ2n) is 6.60. The third-order valence-corrected chi connectivity index (χ3v) is 4.23. The van der Waals surface area contributed by atoms with Gasteiger partial charge in [-0.3, -0.25) is 14.5 Å². The molecule has 0 fully saturated rings. The van der Waals surface area contributed by atoms with Gasteiger partial charge in [0.05, 0.1) is 5.57 Å². The van der Waals surface area contributed by atoms with Gasteiger partial charge in [-0.1, -0.05) is 62.4 Å². The molecule has 25 heavy (non-hydrogen) atoms. The zero-order valence-electron chi connectivity index (χ0n) is 14.8. The minimum atomic E-state index is -0.232. The Balaban J connectivity index is 2.12. The quantitative estimate of drug-likeness (QED) is 0.785. The van der Waals surface area contributed by atoms with Crippen molar-refractivity contribution in [2.24, 2.45) is 5.92 Å². The molecular formula is C21H22N2O2. The van der Waals surface area contributed by atoms with Crippen LogP contribution >= 0.6 is 0 Å². The van der Waals surface area contributed by atoms with E-state index in [1.165, 1.54) is 4.90 Å². The highest BCUT2D eigenvalue weighted by Gasteiger charge is 2.41. The molecule has 0 radical (unpaired) electrons. The SMILES string of the molecule is CC(C)CN1C(=O)C(c2ccccc2)=C(N(C)c2ccccc2)C1=O. The Morgan fingerprint density at radius 2 is 1.44 bits per heavy atom. The van der Waals surface area contributed by atoms with Gasteiger partial charge in [0.15, 0.2) is 0 Å². The Morgan fingerprint density at radius 1 is 0.880 bits per heavy atom. The van der Waals surface area contributed by atoms with E-state index < -0.39 is 0 Å². The highest BCUT2D eigenvalue weighted by atomic mass is 16.2. The molecule has 3 rings (SSSR count). The molecule has 0 aliphatic carbocycles. The summed E-state index contributed by atoms with van der Waals surface area (Å²) >= 11 is 0. The molecule has 1 heterocycles. The summed E-state index contributed by atoms with van der Waals surface area (Å²) < 4.78 is 0. The third-order valence-electron chi connectivity index (χ3n) is 4.23. The largest absolute Gasteiger partial charge is 0.339 e. The molecule has 0 saturated carbocycles. The summed E-state index contributed by atoms with van der Waals surface area (Å²) in [5.74, 6) is -0.238. The first-order chi connectivity index (χ1) is 12.0. The van der Waals surface area contributed by atoms with E-state index in [2.05, 4.69) is 0 Å². The summed E-state index contributed by atoms with van der Waals surface area (Å²) in [6, 6.07) is 19.0. The van der Waals surface area contributed by atoms with Crippen molar-refractivity contribution in [2.75, 3.05) is 18.5 Å². The minimum absolute atomic E-state index is 0.214. The summed E-state index contributed by atoms with van der Waals surface area (Å²) in [6.07, 6.45) is 0. The van der Waals surface area contributed by atoms with Crippen molar-refractivity contribution >= 4 is 23.1 Å². The predicted octanol–water partition coefficient (Wildman–Crippen LogP) is 3.56. The summed E-state index contributed by atoms with van der Waals surface area (Å²) in [5.41, 5.74) is 2.55. The van der Waals surface area contributed by atoms with Gasteiger partial charge in [-0.25, -0.2) is 0 Å². The van der Waals surface area contributed by atoms with Crippen molar-refractivity contribution in [3.63, 3.8) is 0 Å². The lowest BCUT2D eigenvalue weighted by Gasteiger charge is -2.22. The number of hydrogen-bond donors (Lipinski definition) is 0. The zero-order chi connectivity index (χ0) is 18.0. The maximum Gasteiger partial charge on any atom is 0.278 e. The number of likely N-dealkylation sites (N-methyl/N-ethyl adjacent to an activating group) is 1. The van der Waals surface area contributed by atoms with Crippen LogP contribution in [0.25, 0.3) is 5.57 Å². The molecule has 2 aromatic rings. The molecule has 0 bridgehead atoms. The molecule has 1 aliphatic rings. The van der Waals surface area contributed by atoms with E-state index in [1.807, 2.05) is 86.5 Å². The van der Waals surface area contributed by atoms with E-state index in [1.54, 1.807) is 0 Å². The standard InChI is InChI=1S/C21H22N2O2/c1-15(2)14-23-20(24)18(16-10-6-4-7-11-16)19(21(23)25)22(3)17-12-8-5-9-13-17/h4-13,15H,14H2,1-3H3. The molecular weight excluding hydrogens is 312 g/mol. The van der Waals surface area contributed by atoms with Crippen LogP contribution in [0.3, 0.4) is 0 Å². The highest BCUT2D eigenvalue weighted by molar-refractivity contribution is 6.36. The first-order valence-electron chi connectivity index (χ1n) is 8.45. The first-order valence-corrected chi connectivity index (χ1v) is 8.45. The van der Waals surface area contributed by atoms with Gasteiger partial charge in [-0.15, -0.1) is 0 Å². The van der Waals surface area contributed by atoms with Gasteiger partial charge in [-0.05, 0) is 23.6 Å². The molecule has 128 valence electrons. The normalized spacial score (nSPS) is 14.6. The number of imide groups is 1. The van der Waals surface area contributed by atoms with Crippen LogP contribution in [0.2, 0.25) is 0 Å². The topological polar surface area (TPSA) is 40.6 Å². The van der Waals surface area contributed by atoms with Crippen molar-refractivity contribution < 1.29 is 9.59 Å². The van der Waals surface area contributed by atoms with Gasteiger partial charge in [0.1, 0.15) is 5.70 Å². The molecule has 4 nitrogen and oxygen atoms in total. The third kappa shape index (κ3) is 3.20. The molecule has 0 unspecified atom stereocenters. The van der Waals surface area contributed by atoms with Crippen LogP contribution in [0.1, 0.15) is 19.4 Å². The van der Waals surface area contributed by atoms with Crippen LogP contribution < -0.4 is 4.90 Å². The Kier molecular flexibility index (Phi) is 4.70. The summed E-state index contributed by atoms with van der Waals surface area (Å²) in [4.78, 5) is 29.2. The molecule has 0 saturated heterocycles. The highest BCUT2D eigenvalue weighted by Crippen LogP contribution is 2.33. The lowest BCUT2D eigenvalue weighted by molar-refractivity contribution is -0.137. The van der Waals surface area contributed by atoms with Crippen LogP contribution in [0, 0.1) is 5.92 Å². The van der Waals surface area contributed by atoms with Crippen LogP contribution in [0.15, 0.2) is 66.4 Å². The Hall–Kier alpha value is -2.88. The Morgan fingerprint density at radius 3 is 2.00 bits per heavy atom. The molecule has 0 spiro atoms. The number of rotatable bonds is 5. The maximum absolute atomic E-state index is 13.1. The summed E-state index contributed by atoms with van der Waals surface area (Å²) in [6.45, 7) is 4.42. The van der Waals surface area contributed by atoms with Crippen molar-refractivity contribution in [1.29, 1.82) is 0 Å². The molecule has 2 amide bonds. The number of carbonyl (C=O) groups is 2. The van der Waals surface area contributed by atoms with Gasteiger partial charge in [0.2, 0.25) is 0 Å². The van der Waals surface area contributed by atoms with Gasteiger partial charge >= 0.3 is 0 Å². The minimum Gasteiger partial charge on any atom is -0.339 e. The fraction of sp³-hybridized carbons (Fsp3) is 0.238. The van der Waals surface area contributed by atoms with Gasteiger partial charge in [-0.2, -0.15) is 0 Å². The monoisotopic (exact) mass is 334 g/mol. The number of nitrogens with zero attached hydrogens (tertiary/aromatic N) is 2. The summed E-state index contributed by atoms with van der Waals surface area (Å²) in [7, 11) is 1.83. The zero-order valence-corrected chi connectivity index (χ0v) is 14.8. The van der Waals surface area contributed by atoms with E-state index in [-0.39, 0.29) is 17.7 Å². The molecule has 4 heteroatoms. The van der Waals surface area contributed by atoms with E-state index in [0.29, 0.717) is 17.8 Å². The number of hydrogen-bond acceptors (Lipinski definition) is 3. The van der Waals surface area contributed by atoms with Gasteiger partial charge < -0.3 is 4.90 Å². The van der Waals surface area contributed by atoms with Gasteiger partial charge in [0, 0.05) is 19.3 Å². The van der Waals surface area contributed by atoms with Crippen LogP contribution in [-0.2, 0) is 9.59 Å². The second-order valence-corrected chi connectivity index (χ2v) is 6.60. The Labute approximate surface area is 148 Å². The number of benzene rings is 2. The van der Waals surface area contributed by atoms with E-state index in [0.717, 1.165) is 11.3 Å². The molecule has 1 aliphatic heterocycles. The van der Waals surface area contributed by atoms with Crippen LogP contribution in [0.4, 0.5) is 5.69 Å². The first kappa shape index (κ1) is 17.0.